The number of halogens is 1. The van der Waals surface area contributed by atoms with Gasteiger partial charge >= 0.3 is 10.4 Å². The highest BCUT2D eigenvalue weighted by molar-refractivity contribution is 7.84. The molecule has 0 amide bonds. The summed E-state index contributed by atoms with van der Waals surface area (Å²) in [5.74, 6) is 1.34. The minimum Gasteiger partial charge on any atom is -0.493 e. The predicted octanol–water partition coefficient (Wildman–Crippen LogP) is 2.23. The van der Waals surface area contributed by atoms with E-state index in [4.69, 9.17) is 9.47 Å². The number of ether oxygens (including phenoxy) is 2. The first kappa shape index (κ1) is 14.6. The van der Waals surface area contributed by atoms with Crippen LogP contribution in [0.1, 0.15) is 30.0 Å². The average molecular weight is 315 g/mol. The number of benzene rings is 1. The van der Waals surface area contributed by atoms with Crippen molar-refractivity contribution in [2.45, 2.75) is 25.3 Å². The van der Waals surface area contributed by atoms with Gasteiger partial charge in [-0.2, -0.15) is 12.7 Å². The molecule has 1 aliphatic carbocycles. The third-order valence-corrected chi connectivity index (χ3v) is 5.19. The van der Waals surface area contributed by atoms with E-state index in [2.05, 4.69) is 0 Å². The van der Waals surface area contributed by atoms with E-state index in [9.17, 15) is 12.3 Å². The van der Waals surface area contributed by atoms with Crippen LogP contribution in [0.5, 0.6) is 11.5 Å². The monoisotopic (exact) mass is 315 g/mol. The fourth-order valence-corrected chi connectivity index (χ4v) is 3.97. The first-order valence-electron chi connectivity index (χ1n) is 6.92. The number of methoxy groups -OCH3 is 2. The van der Waals surface area contributed by atoms with E-state index in [-0.39, 0.29) is 12.5 Å². The number of rotatable bonds is 4. The summed E-state index contributed by atoms with van der Waals surface area (Å²) in [6.45, 7) is 0.169. The van der Waals surface area contributed by atoms with Gasteiger partial charge in [-0.15, -0.1) is 0 Å². The molecule has 1 saturated carbocycles. The average Bonchev–Trinajstić information content (AvgIpc) is 3.27. The van der Waals surface area contributed by atoms with Gasteiger partial charge in [0.05, 0.1) is 20.3 Å². The van der Waals surface area contributed by atoms with Crippen LogP contribution in [-0.4, -0.2) is 33.5 Å². The smallest absolute Gasteiger partial charge is 0.375 e. The van der Waals surface area contributed by atoms with E-state index in [1.165, 1.54) is 7.11 Å². The molecule has 7 heteroatoms. The van der Waals surface area contributed by atoms with E-state index < -0.39 is 16.5 Å². The summed E-state index contributed by atoms with van der Waals surface area (Å²) in [6.07, 6.45) is 2.32. The summed E-state index contributed by atoms with van der Waals surface area (Å²) in [5, 5.41) is 0. The molecular weight excluding hydrogens is 297 g/mol. The zero-order valence-corrected chi connectivity index (χ0v) is 12.8. The Morgan fingerprint density at radius 1 is 1.19 bits per heavy atom. The van der Waals surface area contributed by atoms with E-state index in [0.29, 0.717) is 17.9 Å². The zero-order chi connectivity index (χ0) is 15.2. The quantitative estimate of drug-likeness (QED) is 0.800. The summed E-state index contributed by atoms with van der Waals surface area (Å²) in [4.78, 5) is 0. The molecule has 0 N–H and O–H groups in total. The Kier molecular flexibility index (Phi) is 3.57. The Hall–Kier alpha value is -1.34. The van der Waals surface area contributed by atoms with Gasteiger partial charge in [0.2, 0.25) is 0 Å². The van der Waals surface area contributed by atoms with E-state index in [1.807, 2.05) is 6.07 Å². The van der Waals surface area contributed by atoms with Crippen molar-refractivity contribution in [2.24, 2.45) is 5.92 Å². The molecule has 0 spiro atoms. The van der Waals surface area contributed by atoms with Gasteiger partial charge in [0.15, 0.2) is 11.5 Å². The standard InChI is InChI=1S/C14H18FNO4S/c1-19-12-7-10-5-6-16(21(15,17)18)14(9-3-4-9)11(10)8-13(12)20-2/h7-9,14H,3-6H2,1-2H3. The van der Waals surface area contributed by atoms with Gasteiger partial charge in [0.1, 0.15) is 0 Å². The van der Waals surface area contributed by atoms with Crippen LogP contribution in [0.25, 0.3) is 0 Å². The van der Waals surface area contributed by atoms with Gasteiger partial charge in [0.25, 0.3) is 0 Å². The van der Waals surface area contributed by atoms with Crippen LogP contribution in [0, 0.1) is 5.92 Å². The molecule has 0 radical (unpaired) electrons. The lowest BCUT2D eigenvalue weighted by Crippen LogP contribution is -2.39. The summed E-state index contributed by atoms with van der Waals surface area (Å²) in [6, 6.07) is 3.23. The van der Waals surface area contributed by atoms with Gasteiger partial charge in [-0.25, -0.2) is 0 Å². The van der Waals surface area contributed by atoms with Gasteiger partial charge < -0.3 is 9.47 Å². The predicted molar refractivity (Wildman–Crippen MR) is 75.4 cm³/mol. The molecule has 1 aromatic rings. The molecule has 1 fully saturated rings. The molecule has 116 valence electrons. The van der Waals surface area contributed by atoms with Crippen LogP contribution in [0.2, 0.25) is 0 Å². The molecule has 0 saturated heterocycles. The van der Waals surface area contributed by atoms with Crippen LogP contribution < -0.4 is 9.47 Å². The fourth-order valence-electron chi connectivity index (χ4n) is 3.10. The first-order chi connectivity index (χ1) is 9.95. The van der Waals surface area contributed by atoms with Gasteiger partial charge in [-0.1, -0.05) is 3.89 Å². The zero-order valence-electron chi connectivity index (χ0n) is 12.0. The molecule has 2 aliphatic rings. The van der Waals surface area contributed by atoms with Crippen molar-refractivity contribution >= 4 is 10.4 Å². The number of fused-ring (bicyclic) bond motifs is 1. The highest BCUT2D eigenvalue weighted by Crippen LogP contribution is 2.50. The molecule has 1 unspecified atom stereocenters. The van der Waals surface area contributed by atoms with Crippen molar-refractivity contribution in [2.75, 3.05) is 20.8 Å². The lowest BCUT2D eigenvalue weighted by atomic mass is 9.91. The highest BCUT2D eigenvalue weighted by Gasteiger charge is 2.44. The third kappa shape index (κ3) is 2.60. The molecule has 1 heterocycles. The van der Waals surface area contributed by atoms with Gasteiger partial charge in [-0.05, 0) is 48.4 Å². The largest absolute Gasteiger partial charge is 0.493 e. The Balaban J connectivity index is 2.10. The van der Waals surface area contributed by atoms with Crippen LogP contribution in [-0.2, 0) is 16.8 Å². The maximum atomic E-state index is 13.6. The minimum absolute atomic E-state index is 0.169. The third-order valence-electron chi connectivity index (χ3n) is 4.22. The lowest BCUT2D eigenvalue weighted by molar-refractivity contribution is 0.265. The van der Waals surface area contributed by atoms with Crippen molar-refractivity contribution in [1.29, 1.82) is 0 Å². The normalized spacial score (nSPS) is 22.7. The molecule has 21 heavy (non-hydrogen) atoms. The molecular formula is C14H18FNO4S. The summed E-state index contributed by atoms with van der Waals surface area (Å²) < 4.78 is 48.0. The summed E-state index contributed by atoms with van der Waals surface area (Å²) in [7, 11) is -1.61. The van der Waals surface area contributed by atoms with E-state index in [1.54, 1.807) is 13.2 Å². The van der Waals surface area contributed by atoms with Crippen molar-refractivity contribution in [3.63, 3.8) is 0 Å². The summed E-state index contributed by atoms with van der Waals surface area (Å²) in [5.41, 5.74) is 1.84. The van der Waals surface area contributed by atoms with Gasteiger partial charge in [-0.3, -0.25) is 0 Å². The SMILES string of the molecule is COc1cc2c(cc1OC)C(C1CC1)N(S(=O)(=O)F)CC2. The maximum Gasteiger partial charge on any atom is 0.375 e. The Morgan fingerprint density at radius 3 is 2.33 bits per heavy atom. The number of hydrogen-bond donors (Lipinski definition) is 0. The molecule has 5 nitrogen and oxygen atoms in total. The van der Waals surface area contributed by atoms with Crippen LogP contribution in [0.15, 0.2) is 12.1 Å². The molecule has 1 aromatic carbocycles. The lowest BCUT2D eigenvalue weighted by Gasteiger charge is -2.34. The molecule has 3 rings (SSSR count). The van der Waals surface area contributed by atoms with Crippen molar-refractivity contribution < 1.29 is 21.8 Å². The first-order valence-corrected chi connectivity index (χ1v) is 8.26. The van der Waals surface area contributed by atoms with Gasteiger partial charge in [0, 0.05) is 6.54 Å². The Labute approximate surface area is 124 Å². The second-order valence-corrected chi connectivity index (χ2v) is 6.78. The number of nitrogens with zero attached hydrogens (tertiary/aromatic N) is 1. The van der Waals surface area contributed by atoms with Crippen molar-refractivity contribution in [3.8, 4) is 11.5 Å². The van der Waals surface area contributed by atoms with Crippen LogP contribution in [0.3, 0.4) is 0 Å². The number of hydrogen-bond acceptors (Lipinski definition) is 4. The van der Waals surface area contributed by atoms with Crippen molar-refractivity contribution in [1.82, 2.24) is 4.31 Å². The highest BCUT2D eigenvalue weighted by atomic mass is 32.3. The second kappa shape index (κ2) is 5.14. The maximum absolute atomic E-state index is 13.6. The Morgan fingerprint density at radius 2 is 1.81 bits per heavy atom. The second-order valence-electron chi connectivity index (χ2n) is 5.49. The minimum atomic E-state index is -4.70. The van der Waals surface area contributed by atoms with Crippen LogP contribution >= 0.6 is 0 Å². The summed E-state index contributed by atoms with van der Waals surface area (Å²) >= 11 is 0. The fraction of sp³-hybridized carbons (Fsp3) is 0.571. The van der Waals surface area contributed by atoms with Crippen LogP contribution in [0.4, 0.5) is 3.89 Å². The Bertz CT molecular complexity index is 657. The molecule has 1 atom stereocenters. The van der Waals surface area contributed by atoms with E-state index >= 15 is 0 Å². The molecule has 0 aromatic heterocycles. The van der Waals surface area contributed by atoms with Crippen molar-refractivity contribution in [3.05, 3.63) is 23.3 Å². The van der Waals surface area contributed by atoms with E-state index in [0.717, 1.165) is 28.3 Å². The topological polar surface area (TPSA) is 55.8 Å². The molecule has 1 aliphatic heterocycles. The molecule has 0 bridgehead atoms.